The van der Waals surface area contributed by atoms with E-state index in [0.29, 0.717) is 12.1 Å². The van der Waals surface area contributed by atoms with Crippen molar-refractivity contribution in [3.63, 3.8) is 0 Å². The highest BCUT2D eigenvalue weighted by Crippen LogP contribution is 2.48. The topological polar surface area (TPSA) is 35.2 Å². The summed E-state index contributed by atoms with van der Waals surface area (Å²) in [5, 5.41) is 0. The number of rotatable bonds is 3. The lowest BCUT2D eigenvalue weighted by Gasteiger charge is -2.34. The van der Waals surface area contributed by atoms with E-state index in [9.17, 15) is 0 Å². The first-order valence-electron chi connectivity index (χ1n) is 6.18. The van der Waals surface area contributed by atoms with Crippen molar-refractivity contribution in [2.75, 3.05) is 6.61 Å². The zero-order valence-corrected chi connectivity index (χ0v) is 8.82. The van der Waals surface area contributed by atoms with Gasteiger partial charge in [-0.05, 0) is 49.9 Å². The molecule has 3 rings (SSSR count). The Bertz CT molecular complexity index is 212. The van der Waals surface area contributed by atoms with Crippen LogP contribution in [0.5, 0.6) is 0 Å². The average Bonchev–Trinajstić information content (AvgIpc) is 2.71. The molecule has 0 spiro atoms. The Hall–Kier alpha value is -0.0800. The minimum atomic E-state index is 0.431. The second-order valence-corrected chi connectivity index (χ2v) is 5.62. The monoisotopic (exact) mass is 195 g/mol. The van der Waals surface area contributed by atoms with Crippen LogP contribution in [0.2, 0.25) is 0 Å². The van der Waals surface area contributed by atoms with Crippen LogP contribution in [-0.4, -0.2) is 18.8 Å². The molecule has 0 saturated heterocycles. The van der Waals surface area contributed by atoms with E-state index in [1.807, 2.05) is 0 Å². The van der Waals surface area contributed by atoms with Crippen LogP contribution in [0.4, 0.5) is 0 Å². The van der Waals surface area contributed by atoms with E-state index in [-0.39, 0.29) is 0 Å². The molecule has 2 nitrogen and oxygen atoms in total. The van der Waals surface area contributed by atoms with Crippen LogP contribution in [0.3, 0.4) is 0 Å². The van der Waals surface area contributed by atoms with E-state index in [4.69, 9.17) is 10.5 Å². The lowest BCUT2D eigenvalue weighted by molar-refractivity contribution is -0.0329. The Morgan fingerprint density at radius 1 is 1.07 bits per heavy atom. The Labute approximate surface area is 86.2 Å². The molecule has 2 bridgehead atoms. The Morgan fingerprint density at radius 3 is 2.50 bits per heavy atom. The molecule has 2 N–H and O–H groups in total. The molecule has 0 heterocycles. The van der Waals surface area contributed by atoms with Gasteiger partial charge in [-0.1, -0.05) is 6.42 Å². The molecule has 0 aromatic rings. The maximum Gasteiger partial charge on any atom is 0.0604 e. The third-order valence-corrected chi connectivity index (χ3v) is 4.56. The Balaban J connectivity index is 1.41. The van der Waals surface area contributed by atoms with Gasteiger partial charge in [-0.2, -0.15) is 0 Å². The van der Waals surface area contributed by atoms with Gasteiger partial charge in [0.15, 0.2) is 0 Å². The number of ether oxygens (including phenoxy) is 1. The van der Waals surface area contributed by atoms with Gasteiger partial charge in [0, 0.05) is 6.04 Å². The predicted molar refractivity (Wildman–Crippen MR) is 55.9 cm³/mol. The van der Waals surface area contributed by atoms with Crippen LogP contribution in [0.15, 0.2) is 0 Å². The molecule has 3 saturated carbocycles. The van der Waals surface area contributed by atoms with E-state index in [1.54, 1.807) is 0 Å². The van der Waals surface area contributed by atoms with Crippen LogP contribution in [0.1, 0.15) is 38.5 Å². The molecule has 3 fully saturated rings. The van der Waals surface area contributed by atoms with Crippen molar-refractivity contribution in [1.29, 1.82) is 0 Å². The van der Waals surface area contributed by atoms with Gasteiger partial charge in [-0.25, -0.2) is 0 Å². The molecule has 0 aliphatic heterocycles. The molecule has 0 radical (unpaired) electrons. The van der Waals surface area contributed by atoms with Gasteiger partial charge in [0.25, 0.3) is 0 Å². The van der Waals surface area contributed by atoms with Crippen LogP contribution in [0, 0.1) is 17.8 Å². The first kappa shape index (κ1) is 9.17. The highest BCUT2D eigenvalue weighted by atomic mass is 16.5. The van der Waals surface area contributed by atoms with Crippen molar-refractivity contribution in [3.05, 3.63) is 0 Å². The molecule has 2 heteroatoms. The number of hydrogen-bond acceptors (Lipinski definition) is 2. The van der Waals surface area contributed by atoms with Crippen molar-refractivity contribution in [2.24, 2.45) is 23.5 Å². The van der Waals surface area contributed by atoms with Gasteiger partial charge in [0.05, 0.1) is 12.7 Å². The minimum absolute atomic E-state index is 0.431. The fraction of sp³-hybridized carbons (Fsp3) is 1.00. The van der Waals surface area contributed by atoms with Gasteiger partial charge >= 0.3 is 0 Å². The van der Waals surface area contributed by atoms with E-state index >= 15 is 0 Å². The average molecular weight is 195 g/mol. The fourth-order valence-electron chi connectivity index (χ4n) is 3.58. The van der Waals surface area contributed by atoms with E-state index in [2.05, 4.69) is 0 Å². The van der Waals surface area contributed by atoms with E-state index in [1.165, 1.54) is 25.7 Å². The summed E-state index contributed by atoms with van der Waals surface area (Å²) in [6.45, 7) is 1.03. The standard InChI is InChI=1S/C12H21NO/c13-11-5-12(6-11)14-7-10-4-8-1-2-9(10)3-8/h8-12H,1-7,13H2. The molecular formula is C12H21NO. The molecule has 0 aromatic carbocycles. The summed E-state index contributed by atoms with van der Waals surface area (Å²) in [7, 11) is 0. The Morgan fingerprint density at radius 2 is 1.93 bits per heavy atom. The quantitative estimate of drug-likeness (QED) is 0.747. The summed E-state index contributed by atoms with van der Waals surface area (Å²) in [4.78, 5) is 0. The van der Waals surface area contributed by atoms with Crippen molar-refractivity contribution in [1.82, 2.24) is 0 Å². The van der Waals surface area contributed by atoms with Gasteiger partial charge in [0.1, 0.15) is 0 Å². The minimum Gasteiger partial charge on any atom is -0.378 e. The summed E-state index contributed by atoms with van der Waals surface area (Å²) in [5.41, 5.74) is 5.73. The van der Waals surface area contributed by atoms with Crippen molar-refractivity contribution in [2.45, 2.75) is 50.7 Å². The summed E-state index contributed by atoms with van der Waals surface area (Å²) >= 11 is 0. The van der Waals surface area contributed by atoms with Crippen molar-refractivity contribution in [3.8, 4) is 0 Å². The third kappa shape index (κ3) is 1.59. The summed E-state index contributed by atoms with van der Waals surface area (Å²) in [6, 6.07) is 0.431. The second kappa shape index (κ2) is 3.49. The smallest absolute Gasteiger partial charge is 0.0604 e. The van der Waals surface area contributed by atoms with Gasteiger partial charge in [-0.15, -0.1) is 0 Å². The van der Waals surface area contributed by atoms with Crippen molar-refractivity contribution >= 4 is 0 Å². The van der Waals surface area contributed by atoms with E-state index in [0.717, 1.165) is 37.2 Å². The fourth-order valence-corrected chi connectivity index (χ4v) is 3.58. The third-order valence-electron chi connectivity index (χ3n) is 4.56. The van der Waals surface area contributed by atoms with Crippen LogP contribution >= 0.6 is 0 Å². The SMILES string of the molecule is NC1CC(OCC2CC3CCC2C3)C1. The van der Waals surface area contributed by atoms with Gasteiger partial charge < -0.3 is 10.5 Å². The highest BCUT2D eigenvalue weighted by Gasteiger charge is 2.40. The van der Waals surface area contributed by atoms with Crippen LogP contribution < -0.4 is 5.73 Å². The molecule has 14 heavy (non-hydrogen) atoms. The molecule has 3 aliphatic rings. The summed E-state index contributed by atoms with van der Waals surface area (Å²) in [6.07, 6.45) is 8.62. The van der Waals surface area contributed by atoms with Gasteiger partial charge in [0.2, 0.25) is 0 Å². The molecule has 0 aromatic heterocycles. The highest BCUT2D eigenvalue weighted by molar-refractivity contribution is 4.90. The largest absolute Gasteiger partial charge is 0.378 e. The summed E-state index contributed by atoms with van der Waals surface area (Å²) < 4.78 is 5.90. The summed E-state index contributed by atoms with van der Waals surface area (Å²) in [5.74, 6) is 2.96. The maximum atomic E-state index is 5.90. The first-order chi connectivity index (χ1) is 6.81. The number of hydrogen-bond donors (Lipinski definition) is 1. The Kier molecular flexibility index (Phi) is 2.29. The van der Waals surface area contributed by atoms with Gasteiger partial charge in [-0.3, -0.25) is 0 Å². The molecule has 3 unspecified atom stereocenters. The maximum absolute atomic E-state index is 5.90. The van der Waals surface area contributed by atoms with E-state index < -0.39 is 0 Å². The van der Waals surface area contributed by atoms with Crippen molar-refractivity contribution < 1.29 is 4.74 Å². The molecule has 80 valence electrons. The first-order valence-corrected chi connectivity index (χ1v) is 6.18. The lowest BCUT2D eigenvalue weighted by atomic mass is 9.88. The second-order valence-electron chi connectivity index (χ2n) is 5.62. The molecule has 0 amide bonds. The normalized spacial score (nSPS) is 50.8. The zero-order valence-electron chi connectivity index (χ0n) is 8.82. The van der Waals surface area contributed by atoms with Crippen LogP contribution in [0.25, 0.3) is 0 Å². The number of fused-ring (bicyclic) bond motifs is 2. The molecule has 3 aliphatic carbocycles. The van der Waals surface area contributed by atoms with Crippen LogP contribution in [-0.2, 0) is 4.74 Å². The zero-order chi connectivity index (χ0) is 9.54. The lowest BCUT2D eigenvalue weighted by Crippen LogP contribution is -2.42. The number of nitrogens with two attached hydrogens (primary N) is 1. The molecule has 3 atom stereocenters. The predicted octanol–water partition coefficient (Wildman–Crippen LogP) is 1.93. The molecular weight excluding hydrogens is 174 g/mol.